The minimum absolute atomic E-state index is 0.0624. The minimum atomic E-state index is -0.519. The molecule has 2 N–H and O–H groups in total. The monoisotopic (exact) mass is 457 g/mol. The van der Waals surface area contributed by atoms with Crippen LogP contribution in [0.1, 0.15) is 18.4 Å². The highest BCUT2D eigenvalue weighted by atomic mass is 32.2. The number of thiophene rings is 1. The summed E-state index contributed by atoms with van der Waals surface area (Å²) in [5, 5.41) is 16.3. The number of thioether (sulfide) groups is 1. The summed E-state index contributed by atoms with van der Waals surface area (Å²) in [5.74, 6) is 0.446. The molecule has 31 heavy (non-hydrogen) atoms. The molecule has 0 radical (unpaired) electrons. The van der Waals surface area contributed by atoms with Crippen molar-refractivity contribution in [3.63, 3.8) is 0 Å². The lowest BCUT2D eigenvalue weighted by atomic mass is 10.2. The van der Waals surface area contributed by atoms with E-state index in [-0.39, 0.29) is 17.8 Å². The Labute approximate surface area is 188 Å². The van der Waals surface area contributed by atoms with Crippen LogP contribution in [0.25, 0.3) is 10.7 Å². The van der Waals surface area contributed by atoms with E-state index in [9.17, 15) is 9.59 Å². The molecule has 8 nitrogen and oxygen atoms in total. The number of aromatic nitrogens is 3. The van der Waals surface area contributed by atoms with Gasteiger partial charge in [0.2, 0.25) is 5.91 Å². The quantitative estimate of drug-likeness (QED) is 0.504. The third kappa shape index (κ3) is 5.93. The maximum Gasteiger partial charge on any atom is 0.321 e. The molecule has 0 spiro atoms. The number of nitrogens with one attached hydrogen (secondary N) is 2. The Morgan fingerprint density at radius 2 is 2.06 bits per heavy atom. The molecule has 0 aliphatic carbocycles. The first-order chi connectivity index (χ1) is 15.2. The average Bonchev–Trinajstić information content (AvgIpc) is 3.54. The van der Waals surface area contributed by atoms with Gasteiger partial charge in [-0.15, -0.1) is 21.5 Å². The van der Waals surface area contributed by atoms with Gasteiger partial charge in [-0.25, -0.2) is 4.79 Å². The van der Waals surface area contributed by atoms with Crippen LogP contribution in [-0.4, -0.2) is 45.2 Å². The Hall–Kier alpha value is -2.69. The van der Waals surface area contributed by atoms with Crippen molar-refractivity contribution < 1.29 is 14.3 Å². The van der Waals surface area contributed by atoms with E-state index in [2.05, 4.69) is 20.8 Å². The lowest BCUT2D eigenvalue weighted by Gasteiger charge is -2.14. The smallest absolute Gasteiger partial charge is 0.321 e. The number of urea groups is 1. The fourth-order valence-corrected chi connectivity index (χ4v) is 4.72. The van der Waals surface area contributed by atoms with Crippen molar-refractivity contribution in [1.82, 2.24) is 25.4 Å². The number of carbonyl (C=O) groups excluding carboxylic acids is 2. The Morgan fingerprint density at radius 3 is 2.81 bits per heavy atom. The van der Waals surface area contributed by atoms with Crippen molar-refractivity contribution in [1.29, 1.82) is 0 Å². The van der Waals surface area contributed by atoms with Crippen LogP contribution < -0.4 is 10.6 Å². The van der Waals surface area contributed by atoms with Crippen LogP contribution in [0.15, 0.2) is 53.0 Å². The van der Waals surface area contributed by atoms with Gasteiger partial charge in [0.1, 0.15) is 0 Å². The summed E-state index contributed by atoms with van der Waals surface area (Å²) >= 11 is 2.85. The molecule has 1 atom stereocenters. The Kier molecular flexibility index (Phi) is 7.34. The van der Waals surface area contributed by atoms with E-state index in [4.69, 9.17) is 4.74 Å². The van der Waals surface area contributed by atoms with E-state index >= 15 is 0 Å². The molecular weight excluding hydrogens is 434 g/mol. The topological polar surface area (TPSA) is 98.1 Å². The number of nitrogens with zero attached hydrogens (tertiary/aromatic N) is 3. The molecule has 1 aliphatic rings. The van der Waals surface area contributed by atoms with E-state index < -0.39 is 6.03 Å². The number of benzene rings is 1. The first-order valence-electron chi connectivity index (χ1n) is 10.0. The molecule has 10 heteroatoms. The summed E-state index contributed by atoms with van der Waals surface area (Å²) in [6, 6.07) is 13.0. The maximum atomic E-state index is 12.3. The van der Waals surface area contributed by atoms with Crippen LogP contribution in [0.4, 0.5) is 4.79 Å². The molecule has 1 aliphatic heterocycles. The number of hydrogen-bond acceptors (Lipinski definition) is 7. The fourth-order valence-electron chi connectivity index (χ4n) is 3.26. The van der Waals surface area contributed by atoms with Gasteiger partial charge in [0.05, 0.1) is 23.3 Å². The Bertz CT molecular complexity index is 1000. The number of hydrogen-bond donors (Lipinski definition) is 2. The molecule has 0 bridgehead atoms. The lowest BCUT2D eigenvalue weighted by Crippen LogP contribution is -2.40. The molecule has 1 saturated heterocycles. The molecule has 3 heterocycles. The van der Waals surface area contributed by atoms with Gasteiger partial charge >= 0.3 is 6.03 Å². The molecule has 1 fully saturated rings. The predicted molar refractivity (Wildman–Crippen MR) is 120 cm³/mol. The van der Waals surface area contributed by atoms with Gasteiger partial charge in [0.25, 0.3) is 0 Å². The van der Waals surface area contributed by atoms with E-state index in [1.54, 1.807) is 11.3 Å². The minimum Gasteiger partial charge on any atom is -0.376 e. The zero-order valence-electron chi connectivity index (χ0n) is 16.8. The van der Waals surface area contributed by atoms with Crippen LogP contribution in [0.2, 0.25) is 0 Å². The van der Waals surface area contributed by atoms with Crippen molar-refractivity contribution in [2.75, 3.05) is 12.4 Å². The molecule has 1 aromatic carbocycles. The predicted octanol–water partition coefficient (Wildman–Crippen LogP) is 3.30. The van der Waals surface area contributed by atoms with Gasteiger partial charge in [-0.05, 0) is 29.9 Å². The van der Waals surface area contributed by atoms with Crippen LogP contribution in [0.5, 0.6) is 0 Å². The lowest BCUT2D eigenvalue weighted by molar-refractivity contribution is -0.117. The van der Waals surface area contributed by atoms with Crippen LogP contribution in [0.3, 0.4) is 0 Å². The molecular formula is C21H23N5O3S2. The summed E-state index contributed by atoms with van der Waals surface area (Å²) in [6.45, 7) is 1.76. The largest absolute Gasteiger partial charge is 0.376 e. The van der Waals surface area contributed by atoms with Crippen molar-refractivity contribution in [2.24, 2.45) is 0 Å². The zero-order valence-corrected chi connectivity index (χ0v) is 18.5. The molecule has 3 aromatic rings. The third-order valence-electron chi connectivity index (χ3n) is 4.75. The van der Waals surface area contributed by atoms with E-state index in [0.29, 0.717) is 18.2 Å². The number of rotatable bonds is 8. The normalized spacial score (nSPS) is 15.7. The first kappa shape index (κ1) is 21.5. The van der Waals surface area contributed by atoms with Crippen molar-refractivity contribution in [3.8, 4) is 10.7 Å². The highest BCUT2D eigenvalue weighted by Crippen LogP contribution is 2.29. The molecule has 3 amide bonds. The molecule has 0 saturated carbocycles. The number of ether oxygens (including phenoxy) is 1. The summed E-state index contributed by atoms with van der Waals surface area (Å²) < 4.78 is 7.79. The van der Waals surface area contributed by atoms with Gasteiger partial charge in [-0.1, -0.05) is 48.2 Å². The third-order valence-corrected chi connectivity index (χ3v) is 6.58. The highest BCUT2D eigenvalue weighted by Gasteiger charge is 2.22. The van der Waals surface area contributed by atoms with Crippen LogP contribution in [0, 0.1) is 0 Å². The second-order valence-corrected chi connectivity index (χ2v) is 8.92. The molecule has 4 rings (SSSR count). The van der Waals surface area contributed by atoms with E-state index in [1.807, 2.05) is 52.4 Å². The Morgan fingerprint density at radius 1 is 1.19 bits per heavy atom. The van der Waals surface area contributed by atoms with Crippen molar-refractivity contribution in [3.05, 3.63) is 53.4 Å². The van der Waals surface area contributed by atoms with Gasteiger partial charge < -0.3 is 10.1 Å². The van der Waals surface area contributed by atoms with Crippen molar-refractivity contribution >= 4 is 35.0 Å². The van der Waals surface area contributed by atoms with Crippen molar-refractivity contribution in [2.45, 2.75) is 37.2 Å². The number of amides is 3. The first-order valence-corrected chi connectivity index (χ1v) is 11.9. The highest BCUT2D eigenvalue weighted by molar-refractivity contribution is 7.99. The van der Waals surface area contributed by atoms with Gasteiger partial charge in [-0.2, -0.15) is 0 Å². The number of carbonyl (C=O) groups is 2. The van der Waals surface area contributed by atoms with E-state index in [1.165, 1.54) is 11.8 Å². The summed E-state index contributed by atoms with van der Waals surface area (Å²) in [5.41, 5.74) is 0.961. The average molecular weight is 458 g/mol. The Balaban J connectivity index is 1.34. The molecule has 1 unspecified atom stereocenters. The SMILES string of the molecule is O=C(CSc1nnc(-c2cccs2)n1CC1CCCO1)NC(=O)NCc1ccccc1. The number of imide groups is 1. The van der Waals surface area contributed by atoms with Crippen LogP contribution >= 0.6 is 23.1 Å². The molecule has 162 valence electrons. The maximum absolute atomic E-state index is 12.3. The second kappa shape index (κ2) is 10.6. The van der Waals surface area contributed by atoms with Gasteiger partial charge in [-0.3, -0.25) is 14.7 Å². The zero-order chi connectivity index (χ0) is 21.5. The standard InChI is InChI=1S/C21H23N5O3S2/c27-18(23-20(28)22-12-15-6-2-1-3-7-15)14-31-21-25-24-19(17-9-5-11-30-17)26(21)13-16-8-4-10-29-16/h1-3,5-7,9,11,16H,4,8,10,12-14H2,(H2,22,23,27,28). The molecule has 2 aromatic heterocycles. The summed E-state index contributed by atoms with van der Waals surface area (Å²) in [6.07, 6.45) is 2.16. The van der Waals surface area contributed by atoms with Crippen LogP contribution in [-0.2, 0) is 22.6 Å². The second-order valence-electron chi connectivity index (χ2n) is 7.03. The van der Waals surface area contributed by atoms with E-state index in [0.717, 1.165) is 35.7 Å². The fraction of sp³-hybridized carbons (Fsp3) is 0.333. The van der Waals surface area contributed by atoms with Gasteiger partial charge in [0, 0.05) is 13.2 Å². The summed E-state index contributed by atoms with van der Waals surface area (Å²) in [4.78, 5) is 25.3. The van der Waals surface area contributed by atoms with Gasteiger partial charge in [0.15, 0.2) is 11.0 Å². The summed E-state index contributed by atoms with van der Waals surface area (Å²) in [7, 11) is 0.